The van der Waals surface area contributed by atoms with Crippen molar-refractivity contribution in [2.24, 2.45) is 0 Å². The van der Waals surface area contributed by atoms with Gasteiger partial charge in [-0.15, -0.1) is 0 Å². The summed E-state index contributed by atoms with van der Waals surface area (Å²) in [6, 6.07) is 10.9. The summed E-state index contributed by atoms with van der Waals surface area (Å²) >= 11 is 0. The lowest BCUT2D eigenvalue weighted by molar-refractivity contribution is -0.138. The van der Waals surface area contributed by atoms with Crippen molar-refractivity contribution in [3.8, 4) is 11.9 Å². The average Bonchev–Trinajstić information content (AvgIpc) is 3.24. The summed E-state index contributed by atoms with van der Waals surface area (Å²) in [6.07, 6.45) is 1.12. The zero-order chi connectivity index (χ0) is 31.4. The van der Waals surface area contributed by atoms with Gasteiger partial charge in [0.1, 0.15) is 25.2 Å². The monoisotopic (exact) mass is 595 g/mol. The molecule has 16 nitrogen and oxygen atoms in total. The number of hydrogen-bond donors (Lipinski definition) is 5. The van der Waals surface area contributed by atoms with Crippen molar-refractivity contribution in [2.75, 3.05) is 18.4 Å². The molecule has 43 heavy (non-hydrogen) atoms. The van der Waals surface area contributed by atoms with E-state index < -0.39 is 54.6 Å². The number of nitriles is 1. The molecule has 1 aliphatic heterocycles. The Morgan fingerprint density at radius 3 is 2.58 bits per heavy atom. The van der Waals surface area contributed by atoms with Gasteiger partial charge in [0.25, 0.3) is 5.91 Å². The Bertz CT molecular complexity index is 1400. The Morgan fingerprint density at radius 2 is 1.88 bits per heavy atom. The van der Waals surface area contributed by atoms with Crippen LogP contribution in [-0.4, -0.2) is 76.2 Å². The van der Waals surface area contributed by atoms with Gasteiger partial charge in [0, 0.05) is 12.2 Å². The van der Waals surface area contributed by atoms with E-state index in [0.717, 1.165) is 4.90 Å². The molecule has 0 spiro atoms. The second-order valence-electron chi connectivity index (χ2n) is 9.13. The first-order chi connectivity index (χ1) is 20.6. The van der Waals surface area contributed by atoms with Crippen LogP contribution in [-0.2, 0) is 25.7 Å². The SMILES string of the molecule is C[C@H](NC(=O)OCc1cccc(NC(=O)CN2C(=O)N[C@@H](CCCNC(=O)N(C#N)Oc3ccccc3)C2=O)c1)C(=O)O. The summed E-state index contributed by atoms with van der Waals surface area (Å²) in [6.45, 7) is 0.602. The minimum atomic E-state index is -1.22. The van der Waals surface area contributed by atoms with E-state index in [4.69, 9.17) is 19.9 Å². The molecule has 0 bridgehead atoms. The second kappa shape index (κ2) is 15.2. The van der Waals surface area contributed by atoms with Crippen LogP contribution >= 0.6 is 0 Å². The molecular formula is C27H29N7O9. The molecule has 1 aliphatic rings. The lowest BCUT2D eigenvalue weighted by Crippen LogP contribution is -2.40. The molecule has 0 saturated carbocycles. The van der Waals surface area contributed by atoms with E-state index in [2.05, 4.69) is 21.3 Å². The number of hydrogen-bond acceptors (Lipinski definition) is 9. The number of alkyl carbamates (subject to hydrolysis) is 1. The van der Waals surface area contributed by atoms with Gasteiger partial charge in [0.05, 0.1) is 0 Å². The number of imide groups is 1. The number of carbonyl (C=O) groups is 6. The Labute approximate surface area is 245 Å². The summed E-state index contributed by atoms with van der Waals surface area (Å²) in [5.74, 6) is -2.20. The molecule has 1 saturated heterocycles. The van der Waals surface area contributed by atoms with Crippen molar-refractivity contribution in [1.29, 1.82) is 5.26 Å². The summed E-state index contributed by atoms with van der Waals surface area (Å²) in [7, 11) is 0. The van der Waals surface area contributed by atoms with E-state index in [1.54, 1.807) is 54.7 Å². The molecule has 1 fully saturated rings. The van der Waals surface area contributed by atoms with E-state index >= 15 is 0 Å². The van der Waals surface area contributed by atoms with Crippen LogP contribution in [0.1, 0.15) is 25.3 Å². The number of anilines is 1. The number of carboxylic acid groups (broad SMARTS) is 1. The largest absolute Gasteiger partial charge is 0.480 e. The van der Waals surface area contributed by atoms with Gasteiger partial charge in [-0.2, -0.15) is 5.26 Å². The first-order valence-corrected chi connectivity index (χ1v) is 12.9. The number of aliphatic carboxylic acids is 1. The number of carboxylic acids is 1. The maximum atomic E-state index is 12.7. The molecule has 2 aromatic carbocycles. The summed E-state index contributed by atoms with van der Waals surface area (Å²) in [5.41, 5.74) is 0.801. The zero-order valence-electron chi connectivity index (χ0n) is 22.9. The van der Waals surface area contributed by atoms with Crippen molar-refractivity contribution >= 4 is 41.6 Å². The van der Waals surface area contributed by atoms with Crippen LogP contribution in [0.3, 0.4) is 0 Å². The molecule has 16 heteroatoms. The van der Waals surface area contributed by atoms with Gasteiger partial charge in [-0.1, -0.05) is 35.4 Å². The van der Waals surface area contributed by atoms with E-state index in [1.807, 2.05) is 0 Å². The van der Waals surface area contributed by atoms with Gasteiger partial charge < -0.3 is 35.9 Å². The Morgan fingerprint density at radius 1 is 1.14 bits per heavy atom. The maximum Gasteiger partial charge on any atom is 0.408 e. The summed E-state index contributed by atoms with van der Waals surface area (Å²) in [4.78, 5) is 78.3. The van der Waals surface area contributed by atoms with E-state index in [0.29, 0.717) is 16.3 Å². The number of nitrogens with one attached hydrogen (secondary N) is 4. The molecule has 0 aromatic heterocycles. The maximum absolute atomic E-state index is 12.7. The lowest BCUT2D eigenvalue weighted by Gasteiger charge is -2.15. The Kier molecular flexibility index (Phi) is 11.2. The average molecular weight is 596 g/mol. The first-order valence-electron chi connectivity index (χ1n) is 12.9. The Balaban J connectivity index is 1.41. The highest BCUT2D eigenvalue weighted by Crippen LogP contribution is 2.15. The highest BCUT2D eigenvalue weighted by Gasteiger charge is 2.38. The van der Waals surface area contributed by atoms with Gasteiger partial charge in [0.15, 0.2) is 5.75 Å². The number of hydroxylamine groups is 2. The van der Waals surface area contributed by atoms with Crippen LogP contribution in [0.2, 0.25) is 0 Å². The predicted molar refractivity (Wildman–Crippen MR) is 147 cm³/mol. The molecule has 0 aliphatic carbocycles. The number of benzene rings is 2. The molecule has 1 heterocycles. The van der Waals surface area contributed by atoms with E-state index in [9.17, 15) is 28.8 Å². The van der Waals surface area contributed by atoms with E-state index in [1.165, 1.54) is 13.0 Å². The third kappa shape index (κ3) is 9.63. The molecule has 3 rings (SSSR count). The third-order valence-corrected chi connectivity index (χ3v) is 5.86. The molecule has 2 aromatic rings. The normalized spacial score (nSPS) is 14.5. The van der Waals surface area contributed by atoms with Gasteiger partial charge >= 0.3 is 24.1 Å². The topological polar surface area (TPSA) is 219 Å². The fraction of sp³-hybridized carbons (Fsp3) is 0.296. The van der Waals surface area contributed by atoms with Gasteiger partial charge in [0.2, 0.25) is 12.1 Å². The van der Waals surface area contributed by atoms with Crippen LogP contribution in [0.25, 0.3) is 0 Å². The van der Waals surface area contributed by atoms with Crippen LogP contribution in [0.5, 0.6) is 5.75 Å². The van der Waals surface area contributed by atoms with Crippen molar-refractivity contribution in [1.82, 2.24) is 25.9 Å². The zero-order valence-corrected chi connectivity index (χ0v) is 22.9. The molecule has 0 radical (unpaired) electrons. The standard InChI is InChI=1S/C27H29N7O9/c1-17(24(37)38)30-27(41)42-15-18-7-5-8-19(13-18)31-22(35)14-33-23(36)21(32-26(33)40)11-6-12-29-25(39)34(16-28)43-20-9-3-2-4-10-20/h2-5,7-10,13,17,21H,6,11-12,14-15H2,1H3,(H,29,39)(H,30,41)(H,31,35)(H,32,40)(H,37,38)/t17-,21-/m0/s1. The first kappa shape index (κ1) is 31.7. The van der Waals surface area contributed by atoms with Crippen molar-refractivity contribution in [2.45, 2.75) is 38.5 Å². The molecule has 2 atom stereocenters. The van der Waals surface area contributed by atoms with Crippen LogP contribution in [0, 0.1) is 11.5 Å². The number of para-hydroxylation sites is 1. The fourth-order valence-electron chi connectivity index (χ4n) is 3.70. The molecular weight excluding hydrogens is 566 g/mol. The Hall–Kier alpha value is -5.85. The van der Waals surface area contributed by atoms with Gasteiger partial charge in [-0.05, 0) is 49.6 Å². The smallest absolute Gasteiger partial charge is 0.408 e. The number of amides is 7. The lowest BCUT2D eigenvalue weighted by atomic mass is 10.1. The third-order valence-electron chi connectivity index (χ3n) is 5.86. The van der Waals surface area contributed by atoms with Crippen LogP contribution in [0.15, 0.2) is 54.6 Å². The van der Waals surface area contributed by atoms with Crippen molar-refractivity contribution in [3.05, 3.63) is 60.2 Å². The minimum Gasteiger partial charge on any atom is -0.480 e. The quantitative estimate of drug-likeness (QED) is 0.0738. The number of carbonyl (C=O) groups excluding carboxylic acids is 5. The number of ether oxygens (including phenoxy) is 1. The predicted octanol–water partition coefficient (Wildman–Crippen LogP) is 1.51. The second-order valence-corrected chi connectivity index (χ2v) is 9.13. The van der Waals surface area contributed by atoms with Crippen molar-refractivity contribution < 1.29 is 43.4 Å². The highest BCUT2D eigenvalue weighted by molar-refractivity contribution is 6.07. The van der Waals surface area contributed by atoms with Gasteiger partial charge in [-0.25, -0.2) is 14.4 Å². The molecule has 7 amide bonds. The summed E-state index contributed by atoms with van der Waals surface area (Å²) < 4.78 is 4.97. The molecule has 226 valence electrons. The fourth-order valence-corrected chi connectivity index (χ4v) is 3.70. The number of rotatable bonds is 13. The number of nitrogens with zero attached hydrogens (tertiary/aromatic N) is 3. The molecule has 5 N–H and O–H groups in total. The minimum absolute atomic E-state index is 0.0790. The highest BCUT2D eigenvalue weighted by atomic mass is 16.7. The van der Waals surface area contributed by atoms with Crippen molar-refractivity contribution in [3.63, 3.8) is 0 Å². The van der Waals surface area contributed by atoms with Crippen LogP contribution < -0.4 is 26.1 Å². The molecule has 0 unspecified atom stereocenters. The van der Waals surface area contributed by atoms with E-state index in [-0.39, 0.29) is 31.7 Å². The van der Waals surface area contributed by atoms with Crippen LogP contribution in [0.4, 0.5) is 20.1 Å². The van der Waals surface area contributed by atoms with Gasteiger partial charge in [-0.3, -0.25) is 19.3 Å². The number of urea groups is 2. The summed E-state index contributed by atoms with van der Waals surface area (Å²) in [5, 5.41) is 28.2.